The van der Waals surface area contributed by atoms with Gasteiger partial charge in [-0.3, -0.25) is 24.0 Å². The number of amides is 5. The van der Waals surface area contributed by atoms with Crippen LogP contribution in [0, 0.1) is 0 Å². The minimum atomic E-state index is -0.582. The molecule has 0 radical (unpaired) electrons. The van der Waals surface area contributed by atoms with Crippen molar-refractivity contribution in [3.8, 4) is 0 Å². The Morgan fingerprint density at radius 2 is 0.750 bits per heavy atom. The highest BCUT2D eigenvalue weighted by Gasteiger charge is 2.20. The summed E-state index contributed by atoms with van der Waals surface area (Å²) in [5.41, 5.74) is 22.9. The highest BCUT2D eigenvalue weighted by molar-refractivity contribution is 5.87. The van der Waals surface area contributed by atoms with Crippen LogP contribution in [0.1, 0.15) is 186 Å². The number of rotatable bonds is 41. The highest BCUT2D eigenvalue weighted by atomic mass is 16.2. The minimum absolute atomic E-state index is 0.0398. The van der Waals surface area contributed by atoms with Gasteiger partial charge >= 0.3 is 0 Å². The molecule has 56 heavy (non-hydrogen) atoms. The summed E-state index contributed by atoms with van der Waals surface area (Å²) in [5.74, 6) is -0.733. The Balaban J connectivity index is 3.94. The van der Waals surface area contributed by atoms with E-state index in [0.717, 1.165) is 161 Å². The van der Waals surface area contributed by atoms with Crippen LogP contribution in [-0.2, 0) is 24.0 Å². The molecule has 5 amide bonds. The Labute approximate surface area is 339 Å². The van der Waals surface area contributed by atoms with Crippen molar-refractivity contribution in [3.05, 3.63) is 0 Å². The smallest absolute Gasteiger partial charge is 0.242 e. The summed E-state index contributed by atoms with van der Waals surface area (Å²) in [6, 6.07) is -1.47. The zero-order valence-electron chi connectivity index (χ0n) is 35.6. The summed E-state index contributed by atoms with van der Waals surface area (Å²) < 4.78 is 0. The van der Waals surface area contributed by atoms with Gasteiger partial charge in [-0.1, -0.05) is 89.9 Å². The van der Waals surface area contributed by atoms with Crippen molar-refractivity contribution >= 4 is 29.5 Å². The summed E-state index contributed by atoms with van der Waals surface area (Å²) in [5, 5.41) is 11.8. The highest BCUT2D eigenvalue weighted by Crippen LogP contribution is 2.13. The zero-order valence-corrected chi connectivity index (χ0v) is 35.6. The number of hydrogen-bond acceptors (Lipinski definition) is 6. The van der Waals surface area contributed by atoms with Crippen molar-refractivity contribution in [2.45, 2.75) is 204 Å². The van der Waals surface area contributed by atoms with Crippen LogP contribution in [0.2, 0.25) is 0 Å². The molecule has 0 heterocycles. The van der Waals surface area contributed by atoms with Gasteiger partial charge < -0.3 is 49.9 Å². The predicted octanol–water partition coefficient (Wildman–Crippen LogP) is 2.04. The van der Waals surface area contributed by atoms with Gasteiger partial charge in [0.2, 0.25) is 29.5 Å². The topological polar surface area (TPSA) is 268 Å². The van der Waals surface area contributed by atoms with Gasteiger partial charge in [-0.25, -0.2) is 0 Å². The lowest BCUT2D eigenvalue weighted by atomic mass is 10.0. The van der Waals surface area contributed by atoms with E-state index in [1.165, 1.54) is 19.3 Å². The predicted molar refractivity (Wildman–Crippen MR) is 224 cm³/mol. The van der Waals surface area contributed by atoms with Gasteiger partial charge in [-0.15, -0.1) is 0 Å². The normalized spacial score (nSPS) is 12.8. The molecule has 14 nitrogen and oxygen atoms in total. The lowest BCUT2D eigenvalue weighted by molar-refractivity contribution is -0.368. The van der Waals surface area contributed by atoms with E-state index < -0.39 is 24.0 Å². The molecule has 0 aliphatic carbocycles. The Bertz CT molecular complexity index is 1000. The van der Waals surface area contributed by atoms with Crippen LogP contribution in [0.3, 0.4) is 0 Å². The van der Waals surface area contributed by atoms with Gasteiger partial charge in [0.1, 0.15) is 12.1 Å². The fourth-order valence-electron chi connectivity index (χ4n) is 6.78. The third-order valence-electron chi connectivity index (χ3n) is 10.4. The monoisotopic (exact) mass is 799 g/mol. The quantitative estimate of drug-likeness (QED) is 0.0418. The molecular weight excluding hydrogens is 711 g/mol. The number of quaternary nitrogens is 3. The van der Waals surface area contributed by atoms with E-state index in [-0.39, 0.29) is 23.6 Å². The maximum absolute atomic E-state index is 13.0. The first kappa shape index (κ1) is 53.2. The molecule has 0 aromatic carbocycles. The largest absolute Gasteiger partial charge is 0.368 e. The first-order chi connectivity index (χ1) is 27.2. The fourth-order valence-corrected chi connectivity index (χ4v) is 6.78. The van der Waals surface area contributed by atoms with Crippen LogP contribution in [0.15, 0.2) is 0 Å². The van der Waals surface area contributed by atoms with E-state index in [1.807, 2.05) is 0 Å². The third-order valence-corrected chi connectivity index (χ3v) is 10.4. The van der Waals surface area contributed by atoms with Gasteiger partial charge in [-0.05, 0) is 83.5 Å². The van der Waals surface area contributed by atoms with E-state index in [0.29, 0.717) is 38.8 Å². The molecule has 0 saturated carbocycles. The number of nitrogens with two attached hydrogens (primary N) is 2. The fraction of sp³-hybridized carbons (Fsp3) is 0.881. The molecule has 0 aliphatic heterocycles. The van der Waals surface area contributed by atoms with E-state index >= 15 is 0 Å². The molecule has 0 aromatic rings. The average Bonchev–Trinajstić information content (AvgIpc) is 3.17. The molecule has 3 atom stereocenters. The lowest BCUT2D eigenvalue weighted by Gasteiger charge is -2.18. The first-order valence-corrected chi connectivity index (χ1v) is 22.7. The lowest BCUT2D eigenvalue weighted by Crippen LogP contribution is -2.50. The zero-order chi connectivity index (χ0) is 41.5. The first-order valence-electron chi connectivity index (χ1n) is 22.7. The van der Waals surface area contributed by atoms with Crippen molar-refractivity contribution in [1.29, 1.82) is 0 Å². The Morgan fingerprint density at radius 3 is 1.16 bits per heavy atom. The molecule has 17 N–H and O–H groups in total. The van der Waals surface area contributed by atoms with Gasteiger partial charge in [0, 0.05) is 25.9 Å². The summed E-state index contributed by atoms with van der Waals surface area (Å²) >= 11 is 0. The molecule has 0 bridgehead atoms. The van der Waals surface area contributed by atoms with E-state index in [4.69, 9.17) is 11.5 Å². The van der Waals surface area contributed by atoms with Crippen LogP contribution in [0.4, 0.5) is 0 Å². The van der Waals surface area contributed by atoms with E-state index in [1.54, 1.807) is 0 Å². The molecule has 0 aliphatic rings. The van der Waals surface area contributed by atoms with Gasteiger partial charge in [0.05, 0.1) is 25.7 Å². The maximum atomic E-state index is 13.0. The summed E-state index contributed by atoms with van der Waals surface area (Å²) in [7, 11) is 0. The van der Waals surface area contributed by atoms with Crippen LogP contribution in [0.25, 0.3) is 0 Å². The van der Waals surface area contributed by atoms with Crippen molar-refractivity contribution in [3.63, 3.8) is 0 Å². The summed E-state index contributed by atoms with van der Waals surface area (Å²) in [6.07, 6.45) is 27.5. The van der Waals surface area contributed by atoms with E-state index in [9.17, 15) is 24.0 Å². The average molecular weight is 799 g/mol. The van der Waals surface area contributed by atoms with Crippen LogP contribution < -0.4 is 49.9 Å². The number of unbranched alkanes of at least 4 members (excludes halogenated alkanes) is 19. The molecular formula is C42H88N9O5+3. The molecule has 328 valence electrons. The molecule has 0 aromatic heterocycles. The standard InChI is InChI=1S/C42H85N9O5/c43-30-20-17-25-35(46)41(55)48-33-23-13-9-5-1-4-8-12-16-29-39(53)51-37(27-19-22-32-45)42(56)49-34-24-14-10-6-2-3-7-11-15-28-38(52)50-36(40(47)54)26-18-21-31-44/h35-37H,1-34,43-46H2,(H2,47,54)(H,48,55)(H,49,56)(H,50,52)(H,51,53)/p+3. The van der Waals surface area contributed by atoms with Gasteiger partial charge in [0.25, 0.3) is 0 Å². The SMILES string of the molecule is NC(=O)C(CCCC[NH3+])NC(=O)CCCCCCCCCCCNC(=O)C(CCCC[NH3+])NC(=O)CCCCCCCCCCCNC(=O)C(N)CCCC[NH3+]. The number of carbonyl (C=O) groups is 5. The Hall–Kier alpha value is -2.81. The molecule has 0 rings (SSSR count). The van der Waals surface area contributed by atoms with Crippen LogP contribution >= 0.6 is 0 Å². The van der Waals surface area contributed by atoms with Crippen LogP contribution in [-0.4, -0.2) is 80.4 Å². The van der Waals surface area contributed by atoms with Crippen molar-refractivity contribution in [1.82, 2.24) is 21.3 Å². The summed E-state index contributed by atoms with van der Waals surface area (Å²) in [4.78, 5) is 61.5. The van der Waals surface area contributed by atoms with E-state index in [2.05, 4.69) is 38.5 Å². The summed E-state index contributed by atoms with van der Waals surface area (Å²) in [6.45, 7) is 3.83. The number of nitrogens with one attached hydrogen (secondary N) is 4. The maximum Gasteiger partial charge on any atom is 0.242 e. The second-order valence-electron chi connectivity index (χ2n) is 15.7. The number of primary amides is 1. The van der Waals surface area contributed by atoms with Crippen molar-refractivity contribution in [2.75, 3.05) is 32.7 Å². The van der Waals surface area contributed by atoms with Gasteiger partial charge in [-0.2, -0.15) is 0 Å². The molecule has 0 fully saturated rings. The van der Waals surface area contributed by atoms with Crippen molar-refractivity contribution in [2.24, 2.45) is 11.5 Å². The minimum Gasteiger partial charge on any atom is -0.368 e. The Morgan fingerprint density at radius 1 is 0.411 bits per heavy atom. The van der Waals surface area contributed by atoms with Crippen molar-refractivity contribution < 1.29 is 41.2 Å². The molecule has 0 spiro atoms. The Kier molecular flexibility index (Phi) is 37.1. The number of hydrogen-bond donors (Lipinski definition) is 9. The second-order valence-corrected chi connectivity index (χ2v) is 15.7. The number of carbonyl (C=O) groups excluding carboxylic acids is 5. The van der Waals surface area contributed by atoms with Crippen LogP contribution in [0.5, 0.6) is 0 Å². The molecule has 0 saturated heterocycles. The van der Waals surface area contributed by atoms with Gasteiger partial charge in [0.15, 0.2) is 0 Å². The molecule has 3 unspecified atom stereocenters. The molecule has 14 heteroatoms. The second kappa shape index (κ2) is 39.0. The third kappa shape index (κ3) is 33.3.